The zero-order valence-electron chi connectivity index (χ0n) is 8.79. The fraction of sp³-hybridized carbons (Fsp3) is 0.800. The van der Waals surface area contributed by atoms with Crippen LogP contribution < -0.4 is 0 Å². The van der Waals surface area contributed by atoms with E-state index in [9.17, 15) is 9.59 Å². The standard InChI is InChI=1S/C10H18O3/c1-7(2)10(5-8(3)11)6-13-9(4)12/h7,10H,5-6H2,1-4H3/t10-/m1/s1. The molecule has 0 radical (unpaired) electrons. The topological polar surface area (TPSA) is 43.4 Å². The molecule has 0 N–H and O–H groups in total. The lowest BCUT2D eigenvalue weighted by atomic mass is 9.92. The zero-order valence-corrected chi connectivity index (χ0v) is 8.79. The van der Waals surface area contributed by atoms with Crippen LogP contribution in [0.15, 0.2) is 0 Å². The highest BCUT2D eigenvalue weighted by Crippen LogP contribution is 2.15. The molecule has 0 spiro atoms. The van der Waals surface area contributed by atoms with Crippen LogP contribution in [-0.2, 0) is 14.3 Å². The van der Waals surface area contributed by atoms with Crippen LogP contribution in [-0.4, -0.2) is 18.4 Å². The maximum Gasteiger partial charge on any atom is 0.302 e. The van der Waals surface area contributed by atoms with Crippen LogP contribution in [0.3, 0.4) is 0 Å². The van der Waals surface area contributed by atoms with E-state index in [0.717, 1.165) is 0 Å². The first-order chi connectivity index (χ1) is 5.93. The van der Waals surface area contributed by atoms with Crippen molar-refractivity contribution in [2.75, 3.05) is 6.61 Å². The fourth-order valence-electron chi connectivity index (χ4n) is 1.08. The normalized spacial score (nSPS) is 12.7. The van der Waals surface area contributed by atoms with Gasteiger partial charge in [-0.05, 0) is 12.8 Å². The van der Waals surface area contributed by atoms with Gasteiger partial charge in [0.25, 0.3) is 0 Å². The van der Waals surface area contributed by atoms with E-state index in [2.05, 4.69) is 0 Å². The van der Waals surface area contributed by atoms with Crippen LogP contribution in [0.2, 0.25) is 0 Å². The van der Waals surface area contributed by atoms with Gasteiger partial charge < -0.3 is 9.53 Å². The Morgan fingerprint density at radius 1 is 1.23 bits per heavy atom. The highest BCUT2D eigenvalue weighted by atomic mass is 16.5. The molecule has 0 heterocycles. The van der Waals surface area contributed by atoms with Gasteiger partial charge in [0.15, 0.2) is 0 Å². The van der Waals surface area contributed by atoms with E-state index in [-0.39, 0.29) is 17.7 Å². The Bertz CT molecular complexity index is 185. The average Bonchev–Trinajstić information content (AvgIpc) is 1.96. The third-order valence-corrected chi connectivity index (χ3v) is 1.99. The zero-order chi connectivity index (χ0) is 10.4. The third kappa shape index (κ3) is 6.31. The van der Waals surface area contributed by atoms with Gasteiger partial charge >= 0.3 is 5.97 Å². The molecule has 0 aromatic rings. The molecule has 0 bridgehead atoms. The van der Waals surface area contributed by atoms with E-state index in [4.69, 9.17) is 4.74 Å². The van der Waals surface area contributed by atoms with Crippen molar-refractivity contribution in [3.63, 3.8) is 0 Å². The Hall–Kier alpha value is -0.860. The second kappa shape index (κ2) is 5.73. The first-order valence-electron chi connectivity index (χ1n) is 4.56. The van der Waals surface area contributed by atoms with E-state index in [1.54, 1.807) is 6.92 Å². The number of hydrogen-bond acceptors (Lipinski definition) is 3. The molecule has 0 rings (SSSR count). The molecule has 0 saturated carbocycles. The molecule has 3 heteroatoms. The Balaban J connectivity index is 3.95. The predicted octanol–water partition coefficient (Wildman–Crippen LogP) is 1.80. The molecule has 0 aromatic heterocycles. The fourth-order valence-corrected chi connectivity index (χ4v) is 1.08. The van der Waals surface area contributed by atoms with Crippen molar-refractivity contribution in [1.82, 2.24) is 0 Å². The molecule has 0 aliphatic rings. The van der Waals surface area contributed by atoms with Crippen molar-refractivity contribution in [3.05, 3.63) is 0 Å². The van der Waals surface area contributed by atoms with Gasteiger partial charge in [-0.15, -0.1) is 0 Å². The van der Waals surface area contributed by atoms with Crippen molar-refractivity contribution >= 4 is 11.8 Å². The van der Waals surface area contributed by atoms with Gasteiger partial charge in [-0.2, -0.15) is 0 Å². The van der Waals surface area contributed by atoms with E-state index < -0.39 is 0 Å². The molecule has 76 valence electrons. The Morgan fingerprint density at radius 3 is 2.08 bits per heavy atom. The monoisotopic (exact) mass is 186 g/mol. The van der Waals surface area contributed by atoms with Crippen molar-refractivity contribution in [2.24, 2.45) is 11.8 Å². The largest absolute Gasteiger partial charge is 0.466 e. The van der Waals surface area contributed by atoms with Gasteiger partial charge in [-0.1, -0.05) is 13.8 Å². The summed E-state index contributed by atoms with van der Waals surface area (Å²) in [5.41, 5.74) is 0. The smallest absolute Gasteiger partial charge is 0.302 e. The molecule has 3 nitrogen and oxygen atoms in total. The summed E-state index contributed by atoms with van der Waals surface area (Å²) >= 11 is 0. The summed E-state index contributed by atoms with van der Waals surface area (Å²) in [6, 6.07) is 0. The van der Waals surface area contributed by atoms with Gasteiger partial charge in [-0.3, -0.25) is 4.79 Å². The molecule has 0 aliphatic carbocycles. The maximum absolute atomic E-state index is 10.9. The molecule has 0 aromatic carbocycles. The predicted molar refractivity (Wildman–Crippen MR) is 50.3 cm³/mol. The highest BCUT2D eigenvalue weighted by Gasteiger charge is 2.16. The number of Topliss-reactive ketones (excluding diaryl/α,β-unsaturated/α-hetero) is 1. The first kappa shape index (κ1) is 12.1. The molecular weight excluding hydrogens is 168 g/mol. The van der Waals surface area contributed by atoms with Crippen LogP contribution in [0, 0.1) is 11.8 Å². The lowest BCUT2D eigenvalue weighted by molar-refractivity contribution is -0.143. The maximum atomic E-state index is 10.9. The van der Waals surface area contributed by atoms with Gasteiger partial charge in [-0.25, -0.2) is 0 Å². The van der Waals surface area contributed by atoms with Crippen LogP contribution in [0.1, 0.15) is 34.1 Å². The lowest BCUT2D eigenvalue weighted by Gasteiger charge is -2.18. The van der Waals surface area contributed by atoms with Gasteiger partial charge in [0.2, 0.25) is 0 Å². The SMILES string of the molecule is CC(=O)C[C@H](COC(C)=O)C(C)C. The lowest BCUT2D eigenvalue weighted by Crippen LogP contribution is -2.20. The number of esters is 1. The minimum atomic E-state index is -0.283. The molecule has 13 heavy (non-hydrogen) atoms. The average molecular weight is 186 g/mol. The van der Waals surface area contributed by atoms with Gasteiger partial charge in [0.1, 0.15) is 5.78 Å². The van der Waals surface area contributed by atoms with Gasteiger partial charge in [0.05, 0.1) is 6.61 Å². The van der Waals surface area contributed by atoms with E-state index in [1.807, 2.05) is 13.8 Å². The molecule has 0 fully saturated rings. The molecule has 0 amide bonds. The number of rotatable bonds is 5. The molecule has 1 atom stereocenters. The van der Waals surface area contributed by atoms with Crippen molar-refractivity contribution in [1.29, 1.82) is 0 Å². The van der Waals surface area contributed by atoms with Crippen molar-refractivity contribution < 1.29 is 14.3 Å². The quantitative estimate of drug-likeness (QED) is 0.615. The van der Waals surface area contributed by atoms with E-state index in [1.165, 1.54) is 6.92 Å². The second-order valence-electron chi connectivity index (χ2n) is 3.71. The third-order valence-electron chi connectivity index (χ3n) is 1.99. The van der Waals surface area contributed by atoms with Gasteiger partial charge in [0, 0.05) is 19.3 Å². The summed E-state index contributed by atoms with van der Waals surface area (Å²) in [6.07, 6.45) is 0.491. The number of carbonyl (C=O) groups excluding carboxylic acids is 2. The second-order valence-corrected chi connectivity index (χ2v) is 3.71. The van der Waals surface area contributed by atoms with Crippen LogP contribution in [0.5, 0.6) is 0 Å². The van der Waals surface area contributed by atoms with E-state index >= 15 is 0 Å². The summed E-state index contributed by atoms with van der Waals surface area (Å²) in [5.74, 6) is 0.379. The van der Waals surface area contributed by atoms with Crippen LogP contribution in [0.25, 0.3) is 0 Å². The Labute approximate surface area is 79.5 Å². The van der Waals surface area contributed by atoms with Crippen molar-refractivity contribution in [3.8, 4) is 0 Å². The minimum Gasteiger partial charge on any atom is -0.466 e. The Morgan fingerprint density at radius 2 is 1.77 bits per heavy atom. The van der Waals surface area contributed by atoms with Crippen molar-refractivity contribution in [2.45, 2.75) is 34.1 Å². The summed E-state index contributed by atoms with van der Waals surface area (Å²) < 4.78 is 4.88. The molecular formula is C10H18O3. The minimum absolute atomic E-state index is 0.144. The first-order valence-corrected chi connectivity index (χ1v) is 4.56. The summed E-state index contributed by atoms with van der Waals surface area (Å²) in [4.78, 5) is 21.4. The number of hydrogen-bond donors (Lipinski definition) is 0. The van der Waals surface area contributed by atoms with E-state index in [0.29, 0.717) is 18.9 Å². The summed E-state index contributed by atoms with van der Waals surface area (Å²) in [5, 5.41) is 0. The number of carbonyl (C=O) groups is 2. The highest BCUT2D eigenvalue weighted by molar-refractivity contribution is 5.75. The van der Waals surface area contributed by atoms with Crippen LogP contribution >= 0.6 is 0 Å². The summed E-state index contributed by atoms with van der Waals surface area (Å²) in [6.45, 7) is 7.34. The van der Waals surface area contributed by atoms with Crippen LogP contribution in [0.4, 0.5) is 0 Å². The molecule has 0 unspecified atom stereocenters. The molecule has 0 aliphatic heterocycles. The summed E-state index contributed by atoms with van der Waals surface area (Å²) in [7, 11) is 0. The number of ketones is 1. The Kier molecular flexibility index (Phi) is 5.35. The molecule has 0 saturated heterocycles. The number of ether oxygens (including phenoxy) is 1.